The van der Waals surface area contributed by atoms with Gasteiger partial charge in [0.15, 0.2) is 6.61 Å². The predicted molar refractivity (Wildman–Crippen MR) is 97.6 cm³/mol. The Morgan fingerprint density at radius 3 is 2.60 bits per heavy atom. The van der Waals surface area contributed by atoms with Gasteiger partial charge in [-0.1, -0.05) is 23.2 Å². The maximum atomic E-state index is 12.3. The Morgan fingerprint density at radius 2 is 1.96 bits per heavy atom. The normalized spacial score (nSPS) is 13.6. The molecule has 3 rings (SSSR count). The smallest absolute Gasteiger partial charge is 0.340 e. The Balaban J connectivity index is 1.60. The summed E-state index contributed by atoms with van der Waals surface area (Å²) in [6.45, 7) is 3.48. The number of hydrogen-bond acceptors (Lipinski definition) is 3. The Kier molecular flexibility index (Phi) is 5.06. The lowest BCUT2D eigenvalue weighted by Gasteiger charge is -2.09. The summed E-state index contributed by atoms with van der Waals surface area (Å²) < 4.78 is 7.30. The molecule has 1 saturated carbocycles. The third-order valence-electron chi connectivity index (χ3n) is 4.16. The number of carbonyl (C=O) groups is 2. The second-order valence-corrected chi connectivity index (χ2v) is 6.98. The number of rotatable bonds is 5. The van der Waals surface area contributed by atoms with Crippen molar-refractivity contribution in [2.45, 2.75) is 32.7 Å². The van der Waals surface area contributed by atoms with Gasteiger partial charge < -0.3 is 14.6 Å². The Labute approximate surface area is 155 Å². The van der Waals surface area contributed by atoms with Gasteiger partial charge in [0.1, 0.15) is 0 Å². The van der Waals surface area contributed by atoms with Gasteiger partial charge in [-0.15, -0.1) is 0 Å². The first-order chi connectivity index (χ1) is 11.9. The van der Waals surface area contributed by atoms with Gasteiger partial charge in [0.25, 0.3) is 5.91 Å². The van der Waals surface area contributed by atoms with E-state index in [0.717, 1.165) is 24.2 Å². The van der Waals surface area contributed by atoms with Gasteiger partial charge >= 0.3 is 5.97 Å². The maximum absolute atomic E-state index is 12.3. The first kappa shape index (κ1) is 17.8. The average Bonchev–Trinajstić information content (AvgIpc) is 3.33. The lowest BCUT2D eigenvalue weighted by atomic mass is 10.2. The van der Waals surface area contributed by atoms with Crippen molar-refractivity contribution in [3.05, 3.63) is 51.3 Å². The zero-order valence-corrected chi connectivity index (χ0v) is 15.4. The molecule has 0 spiro atoms. The van der Waals surface area contributed by atoms with E-state index in [2.05, 4.69) is 9.88 Å². The molecule has 5 nitrogen and oxygen atoms in total. The van der Waals surface area contributed by atoms with E-state index in [1.807, 2.05) is 19.9 Å². The van der Waals surface area contributed by atoms with Crippen LogP contribution in [-0.4, -0.2) is 23.1 Å². The topological polar surface area (TPSA) is 60.3 Å². The summed E-state index contributed by atoms with van der Waals surface area (Å²) in [5.41, 5.74) is 2.83. The highest BCUT2D eigenvalue weighted by Crippen LogP contribution is 2.38. The van der Waals surface area contributed by atoms with Crippen LogP contribution in [0.5, 0.6) is 0 Å². The molecule has 1 aromatic carbocycles. The van der Waals surface area contributed by atoms with Crippen molar-refractivity contribution in [1.29, 1.82) is 0 Å². The number of carbonyl (C=O) groups excluding carboxylic acids is 2. The molecule has 1 aliphatic rings. The van der Waals surface area contributed by atoms with Crippen molar-refractivity contribution in [3.63, 3.8) is 0 Å². The number of anilines is 1. The summed E-state index contributed by atoms with van der Waals surface area (Å²) in [6.07, 6.45) is 2.27. The summed E-state index contributed by atoms with van der Waals surface area (Å²) >= 11 is 11.8. The van der Waals surface area contributed by atoms with Crippen LogP contribution in [0, 0.1) is 13.8 Å². The van der Waals surface area contributed by atoms with Crippen molar-refractivity contribution in [3.8, 4) is 0 Å². The van der Waals surface area contributed by atoms with Gasteiger partial charge in [0.2, 0.25) is 0 Å². The zero-order valence-electron chi connectivity index (χ0n) is 13.9. The molecular weight excluding hydrogens is 363 g/mol. The van der Waals surface area contributed by atoms with Crippen LogP contribution in [0.15, 0.2) is 24.3 Å². The number of esters is 1. The van der Waals surface area contributed by atoms with Crippen molar-refractivity contribution in [1.82, 2.24) is 4.57 Å². The molecule has 0 radical (unpaired) electrons. The molecule has 0 aliphatic heterocycles. The summed E-state index contributed by atoms with van der Waals surface area (Å²) in [5, 5.41) is 3.38. The van der Waals surface area contributed by atoms with E-state index in [9.17, 15) is 9.59 Å². The third kappa shape index (κ3) is 3.99. The van der Waals surface area contributed by atoms with Crippen LogP contribution in [0.2, 0.25) is 10.0 Å². The quantitative estimate of drug-likeness (QED) is 0.774. The van der Waals surface area contributed by atoms with E-state index in [4.69, 9.17) is 27.9 Å². The van der Waals surface area contributed by atoms with Gasteiger partial charge in [-0.2, -0.15) is 0 Å². The fourth-order valence-corrected chi connectivity index (χ4v) is 3.32. The van der Waals surface area contributed by atoms with Gasteiger partial charge in [0, 0.05) is 22.5 Å². The van der Waals surface area contributed by atoms with Crippen molar-refractivity contribution in [2.75, 3.05) is 11.9 Å². The van der Waals surface area contributed by atoms with Crippen LogP contribution < -0.4 is 5.32 Å². The summed E-state index contributed by atoms with van der Waals surface area (Å²) in [4.78, 5) is 24.3. The molecule has 0 saturated heterocycles. The number of ether oxygens (including phenoxy) is 1. The number of hydrogen-bond donors (Lipinski definition) is 1. The lowest BCUT2D eigenvalue weighted by molar-refractivity contribution is -0.119. The van der Waals surface area contributed by atoms with E-state index >= 15 is 0 Å². The van der Waals surface area contributed by atoms with E-state index in [1.54, 1.807) is 12.1 Å². The highest BCUT2D eigenvalue weighted by molar-refractivity contribution is 6.36. The highest BCUT2D eigenvalue weighted by atomic mass is 35.5. The van der Waals surface area contributed by atoms with Gasteiger partial charge in [-0.25, -0.2) is 4.79 Å². The van der Waals surface area contributed by atoms with Crippen LogP contribution in [0.25, 0.3) is 0 Å². The largest absolute Gasteiger partial charge is 0.452 e. The molecule has 1 fully saturated rings. The lowest BCUT2D eigenvalue weighted by Crippen LogP contribution is -2.21. The summed E-state index contributed by atoms with van der Waals surface area (Å²) in [6, 6.07) is 7.02. The minimum atomic E-state index is -0.502. The Hall–Kier alpha value is -1.98. The fraction of sp³-hybridized carbons (Fsp3) is 0.333. The number of halogens is 2. The minimum Gasteiger partial charge on any atom is -0.452 e. The van der Waals surface area contributed by atoms with E-state index < -0.39 is 11.9 Å². The van der Waals surface area contributed by atoms with E-state index in [0.29, 0.717) is 27.3 Å². The van der Waals surface area contributed by atoms with Crippen molar-refractivity contribution in [2.24, 2.45) is 0 Å². The van der Waals surface area contributed by atoms with Crippen LogP contribution >= 0.6 is 23.2 Å². The molecule has 0 bridgehead atoms. The second kappa shape index (κ2) is 7.10. The molecule has 0 atom stereocenters. The average molecular weight is 381 g/mol. The van der Waals surface area contributed by atoms with Crippen LogP contribution in [-0.2, 0) is 9.53 Å². The molecule has 1 amide bonds. The number of aromatic nitrogens is 1. The molecule has 2 aromatic rings. The SMILES string of the molecule is Cc1cc(C(=O)OCC(=O)Nc2ccc(Cl)cc2Cl)c(C)n1C1CC1. The van der Waals surface area contributed by atoms with Crippen molar-refractivity contribution < 1.29 is 14.3 Å². The molecule has 0 unspecified atom stereocenters. The molecule has 1 heterocycles. The molecule has 25 heavy (non-hydrogen) atoms. The number of benzene rings is 1. The van der Waals surface area contributed by atoms with E-state index in [-0.39, 0.29) is 6.61 Å². The molecular formula is C18H18Cl2N2O3. The first-order valence-corrected chi connectivity index (χ1v) is 8.73. The molecule has 1 aliphatic carbocycles. The van der Waals surface area contributed by atoms with Gasteiger partial charge in [-0.05, 0) is 51.0 Å². The standard InChI is InChI=1S/C18H18Cl2N2O3/c1-10-7-14(11(2)22(10)13-4-5-13)18(24)25-9-17(23)21-16-6-3-12(19)8-15(16)20/h3,6-8,13H,4-5,9H2,1-2H3,(H,21,23). The minimum absolute atomic E-state index is 0.320. The van der Waals surface area contributed by atoms with Crippen molar-refractivity contribution >= 4 is 40.8 Å². The van der Waals surface area contributed by atoms with Gasteiger partial charge in [-0.3, -0.25) is 4.79 Å². The monoisotopic (exact) mass is 380 g/mol. The first-order valence-electron chi connectivity index (χ1n) is 7.97. The highest BCUT2D eigenvalue weighted by Gasteiger charge is 2.28. The Bertz CT molecular complexity index is 841. The fourth-order valence-electron chi connectivity index (χ4n) is 2.86. The third-order valence-corrected chi connectivity index (χ3v) is 4.70. The number of amides is 1. The second-order valence-electron chi connectivity index (χ2n) is 6.13. The summed E-state index contributed by atoms with van der Waals surface area (Å²) in [7, 11) is 0. The van der Waals surface area contributed by atoms with E-state index in [1.165, 1.54) is 6.07 Å². The molecule has 7 heteroatoms. The van der Waals surface area contributed by atoms with Gasteiger partial charge in [0.05, 0.1) is 16.3 Å². The van der Waals surface area contributed by atoms with Crippen LogP contribution in [0.3, 0.4) is 0 Å². The number of nitrogens with one attached hydrogen (secondary N) is 1. The summed E-state index contributed by atoms with van der Waals surface area (Å²) in [5.74, 6) is -0.967. The van der Waals surface area contributed by atoms with Crippen LogP contribution in [0.1, 0.15) is 40.6 Å². The number of nitrogens with zero attached hydrogens (tertiary/aromatic N) is 1. The Morgan fingerprint density at radius 1 is 1.24 bits per heavy atom. The van der Waals surface area contributed by atoms with Crippen LogP contribution in [0.4, 0.5) is 5.69 Å². The zero-order chi connectivity index (χ0) is 18.1. The molecule has 1 aromatic heterocycles. The molecule has 132 valence electrons. The predicted octanol–water partition coefficient (Wildman–Crippen LogP) is 4.54. The maximum Gasteiger partial charge on any atom is 0.340 e. The number of aryl methyl sites for hydroxylation is 1. The molecule has 1 N–H and O–H groups in total.